The maximum Gasteiger partial charge on any atom is 0.333 e. The molecule has 0 spiro atoms. The predicted molar refractivity (Wildman–Crippen MR) is 158 cm³/mol. The number of hydrogen-bond donors (Lipinski definition) is 0. The van der Waals surface area contributed by atoms with Crippen LogP contribution in [0.3, 0.4) is 0 Å². The minimum atomic E-state index is -1.69. The Morgan fingerprint density at radius 1 is 1.10 bits per heavy atom. The van der Waals surface area contributed by atoms with E-state index in [0.717, 1.165) is 21.5 Å². The van der Waals surface area contributed by atoms with Gasteiger partial charge in [0.25, 0.3) is 5.56 Å². The van der Waals surface area contributed by atoms with Crippen LogP contribution in [-0.4, -0.2) is 37.2 Å². The third-order valence-electron chi connectivity index (χ3n) is 6.95. The molecule has 0 bridgehead atoms. The normalized spacial score (nSPS) is 11.5. The second kappa shape index (κ2) is 11.2. The lowest BCUT2D eigenvalue weighted by Gasteiger charge is -2.26. The van der Waals surface area contributed by atoms with E-state index in [1.807, 2.05) is 18.2 Å². The molecule has 0 aliphatic carbocycles. The van der Waals surface area contributed by atoms with Crippen LogP contribution in [0, 0.1) is 12.7 Å². The van der Waals surface area contributed by atoms with Crippen LogP contribution in [0.2, 0.25) is 0 Å². The highest BCUT2D eigenvalue weighted by molar-refractivity contribution is 7.21. The van der Waals surface area contributed by atoms with E-state index in [2.05, 4.69) is 16.8 Å². The molecule has 12 heteroatoms. The van der Waals surface area contributed by atoms with Gasteiger partial charge in [0.15, 0.2) is 0 Å². The molecule has 0 atom stereocenters. The van der Waals surface area contributed by atoms with E-state index >= 15 is 0 Å². The van der Waals surface area contributed by atoms with Crippen LogP contribution in [0.4, 0.5) is 4.39 Å². The van der Waals surface area contributed by atoms with Gasteiger partial charge in [-0.1, -0.05) is 48.2 Å². The van der Waals surface area contributed by atoms with Gasteiger partial charge in [-0.05, 0) is 50.1 Å². The van der Waals surface area contributed by atoms with E-state index in [4.69, 9.17) is 9.47 Å². The monoisotopic (exact) mass is 589 g/mol. The molecule has 0 saturated carbocycles. The lowest BCUT2D eigenvalue weighted by atomic mass is 10.0. The molecule has 0 saturated heterocycles. The van der Waals surface area contributed by atoms with Crippen LogP contribution in [0.15, 0.2) is 77.1 Å². The van der Waals surface area contributed by atoms with Crippen LogP contribution in [0.5, 0.6) is 5.75 Å². The molecule has 5 rings (SSSR count). The van der Waals surface area contributed by atoms with Crippen molar-refractivity contribution in [1.29, 1.82) is 0 Å². The van der Waals surface area contributed by atoms with E-state index in [9.17, 15) is 18.8 Å². The second-order valence-corrected chi connectivity index (χ2v) is 11.1. The lowest BCUT2D eigenvalue weighted by Crippen LogP contribution is -2.53. The van der Waals surface area contributed by atoms with Crippen LogP contribution < -0.4 is 16.0 Å². The number of methoxy groups -OCH3 is 1. The third kappa shape index (κ3) is 5.05. The number of benzene rings is 2. The smallest absolute Gasteiger partial charge is 0.333 e. The van der Waals surface area contributed by atoms with Crippen molar-refractivity contribution in [2.24, 2.45) is 0 Å². The van der Waals surface area contributed by atoms with E-state index in [1.165, 1.54) is 60.9 Å². The fraction of sp³-hybridized carbons (Fsp3) is 0.233. The highest BCUT2D eigenvalue weighted by Crippen LogP contribution is 2.33. The number of ether oxygens (including phenoxy) is 2. The topological polar surface area (TPSA) is 110 Å². The van der Waals surface area contributed by atoms with Gasteiger partial charge < -0.3 is 9.47 Å². The highest BCUT2D eigenvalue weighted by atomic mass is 32.1. The van der Waals surface area contributed by atoms with E-state index in [1.54, 1.807) is 19.1 Å². The van der Waals surface area contributed by atoms with E-state index in [-0.39, 0.29) is 18.5 Å². The molecule has 0 fully saturated rings. The molecule has 5 aromatic rings. The number of carbonyl (C=O) groups excluding carboxylic acids is 1. The summed E-state index contributed by atoms with van der Waals surface area (Å²) in [6.45, 7) is 8.58. The minimum absolute atomic E-state index is 0.0307. The van der Waals surface area contributed by atoms with Crippen LogP contribution in [0.1, 0.15) is 30.5 Å². The van der Waals surface area contributed by atoms with Gasteiger partial charge in [0, 0.05) is 11.1 Å². The number of rotatable bonds is 9. The Bertz CT molecular complexity index is 1920. The molecule has 216 valence electrons. The molecule has 42 heavy (non-hydrogen) atoms. The van der Waals surface area contributed by atoms with Gasteiger partial charge in [-0.25, -0.2) is 18.5 Å². The molecule has 0 unspecified atom stereocenters. The average Bonchev–Trinajstić information content (AvgIpc) is 3.62. The molecule has 3 aromatic heterocycles. The summed E-state index contributed by atoms with van der Waals surface area (Å²) in [7, 11) is 1.45. The van der Waals surface area contributed by atoms with Crippen molar-refractivity contribution in [3.05, 3.63) is 111 Å². The zero-order valence-electron chi connectivity index (χ0n) is 23.5. The lowest BCUT2D eigenvalue weighted by molar-refractivity contribution is -0.154. The summed E-state index contributed by atoms with van der Waals surface area (Å²) in [6, 6.07) is 13.1. The Morgan fingerprint density at radius 3 is 2.45 bits per heavy atom. The van der Waals surface area contributed by atoms with Crippen molar-refractivity contribution in [3.8, 4) is 10.8 Å². The largest absolute Gasteiger partial charge is 0.496 e. The quantitative estimate of drug-likeness (QED) is 0.234. The third-order valence-corrected chi connectivity index (χ3v) is 8.23. The van der Waals surface area contributed by atoms with Crippen molar-refractivity contribution >= 4 is 33.1 Å². The van der Waals surface area contributed by atoms with Gasteiger partial charge in [0.2, 0.25) is 0 Å². The number of aryl methyl sites for hydroxylation is 1. The number of carbonyl (C=O) groups is 1. The van der Waals surface area contributed by atoms with Crippen LogP contribution in [0.25, 0.3) is 20.8 Å². The summed E-state index contributed by atoms with van der Waals surface area (Å²) >= 11 is 1.15. The fourth-order valence-electron chi connectivity index (χ4n) is 4.70. The van der Waals surface area contributed by atoms with Crippen LogP contribution >= 0.6 is 11.3 Å². The van der Waals surface area contributed by atoms with Crippen molar-refractivity contribution in [1.82, 2.24) is 24.1 Å². The summed E-state index contributed by atoms with van der Waals surface area (Å²) in [6.07, 6.45) is 3.00. The van der Waals surface area contributed by atoms with Crippen molar-refractivity contribution in [2.75, 3.05) is 7.11 Å². The van der Waals surface area contributed by atoms with E-state index in [0.29, 0.717) is 32.3 Å². The summed E-state index contributed by atoms with van der Waals surface area (Å²) in [4.78, 5) is 43.3. The summed E-state index contributed by atoms with van der Waals surface area (Å²) in [5, 5.41) is 9.12. The molecule has 0 radical (unpaired) electrons. The maximum absolute atomic E-state index is 14.2. The standard InChI is InChI=1S/C30H28FN5O5S/c1-18(22-15-21(31)11-12-23(22)40-5)16-34-27-24(19(2)26(42-27)36-32-13-14-33-36)25(37)35(29(34)39)30(3,4)28(38)41-17-20-9-7-6-8-10-20/h6-15H,1,16-17H2,2-5H3. The SMILES string of the molecule is C=C(Cn1c(=O)n(C(C)(C)C(=O)OCc2ccccc2)c(=O)c2c(C)c(-n3nccn3)sc21)c1cc(F)ccc1OC. The Hall–Kier alpha value is -4.84. The number of halogens is 1. The first-order valence-electron chi connectivity index (χ1n) is 12.9. The van der Waals surface area contributed by atoms with Crippen molar-refractivity contribution < 1.29 is 18.7 Å². The van der Waals surface area contributed by atoms with Crippen LogP contribution in [-0.2, 0) is 28.2 Å². The molecule has 0 amide bonds. The number of allylic oxidation sites excluding steroid dienone is 1. The van der Waals surface area contributed by atoms with Gasteiger partial charge in [0.1, 0.15) is 33.5 Å². The highest BCUT2D eigenvalue weighted by Gasteiger charge is 2.37. The first-order valence-corrected chi connectivity index (χ1v) is 13.7. The molecular weight excluding hydrogens is 561 g/mol. The predicted octanol–water partition coefficient (Wildman–Crippen LogP) is 4.45. The zero-order chi connectivity index (χ0) is 30.2. The first kappa shape index (κ1) is 28.7. The molecule has 0 aliphatic rings. The Balaban J connectivity index is 1.68. The zero-order valence-corrected chi connectivity index (χ0v) is 24.3. The molecule has 3 heterocycles. The average molecular weight is 590 g/mol. The van der Waals surface area contributed by atoms with Gasteiger partial charge in [-0.2, -0.15) is 10.2 Å². The Labute approximate surface area is 243 Å². The number of hydrogen-bond acceptors (Lipinski definition) is 8. The number of thiophene rings is 1. The number of nitrogens with zero attached hydrogens (tertiary/aromatic N) is 5. The summed E-state index contributed by atoms with van der Waals surface area (Å²) in [5.41, 5.74) is -1.10. The Kier molecular flexibility index (Phi) is 7.65. The molecule has 2 aromatic carbocycles. The first-order chi connectivity index (χ1) is 20.0. The number of aromatic nitrogens is 5. The molecule has 10 nitrogen and oxygen atoms in total. The Morgan fingerprint density at radius 2 is 1.79 bits per heavy atom. The van der Waals surface area contributed by atoms with Gasteiger partial charge >= 0.3 is 11.7 Å². The maximum atomic E-state index is 14.2. The molecule has 0 aliphatic heterocycles. The second-order valence-electron chi connectivity index (χ2n) is 10.1. The van der Waals surface area contributed by atoms with Gasteiger partial charge in [-0.3, -0.25) is 9.36 Å². The summed E-state index contributed by atoms with van der Waals surface area (Å²) in [5.74, 6) is -0.896. The number of fused-ring (bicyclic) bond motifs is 1. The van der Waals surface area contributed by atoms with Crippen molar-refractivity contribution in [2.45, 2.75) is 39.5 Å². The molecular formula is C30H28FN5O5S. The van der Waals surface area contributed by atoms with E-state index < -0.39 is 28.6 Å². The fourth-order valence-corrected chi connectivity index (χ4v) is 5.91. The van der Waals surface area contributed by atoms with Crippen molar-refractivity contribution in [3.63, 3.8) is 0 Å². The number of esters is 1. The summed E-state index contributed by atoms with van der Waals surface area (Å²) < 4.78 is 27.4. The van der Waals surface area contributed by atoms with Gasteiger partial charge in [-0.15, -0.1) is 4.80 Å². The van der Waals surface area contributed by atoms with Gasteiger partial charge in [0.05, 0.1) is 31.4 Å². The molecule has 0 N–H and O–H groups in total. The minimum Gasteiger partial charge on any atom is -0.496 e.